The largest absolute Gasteiger partial charge is 0.489 e. The minimum atomic E-state index is -1.07. The minimum Gasteiger partial charge on any atom is -0.489 e. The standard InChI is InChI=1S/C14H10ClFO3/c15-13-7-9(1-6-12(13)14(17)18)8-19-11-4-2-10(16)3-5-11/h1-7H,8H2,(H,17,18). The summed E-state index contributed by atoms with van der Waals surface area (Å²) in [6, 6.07) is 10.2. The van der Waals surface area contributed by atoms with Crippen molar-refractivity contribution in [3.05, 3.63) is 64.4 Å². The van der Waals surface area contributed by atoms with E-state index < -0.39 is 5.97 Å². The SMILES string of the molecule is O=C(O)c1ccc(COc2ccc(F)cc2)cc1Cl. The zero-order chi connectivity index (χ0) is 13.8. The van der Waals surface area contributed by atoms with E-state index in [0.29, 0.717) is 5.75 Å². The number of rotatable bonds is 4. The van der Waals surface area contributed by atoms with Crippen LogP contribution in [0, 0.1) is 5.82 Å². The summed E-state index contributed by atoms with van der Waals surface area (Å²) in [6.07, 6.45) is 0. The van der Waals surface area contributed by atoms with Crippen molar-refractivity contribution in [1.82, 2.24) is 0 Å². The summed E-state index contributed by atoms with van der Waals surface area (Å²) >= 11 is 5.84. The third-order valence-electron chi connectivity index (χ3n) is 2.48. The van der Waals surface area contributed by atoms with Crippen LogP contribution in [0.2, 0.25) is 5.02 Å². The van der Waals surface area contributed by atoms with E-state index >= 15 is 0 Å². The molecule has 19 heavy (non-hydrogen) atoms. The lowest BCUT2D eigenvalue weighted by molar-refractivity contribution is 0.0697. The average molecular weight is 281 g/mol. The van der Waals surface area contributed by atoms with Gasteiger partial charge in [0.15, 0.2) is 0 Å². The molecule has 0 spiro atoms. The van der Waals surface area contributed by atoms with Gasteiger partial charge in [0.25, 0.3) is 0 Å². The molecular formula is C14H10ClFO3. The maximum atomic E-state index is 12.7. The maximum absolute atomic E-state index is 12.7. The van der Waals surface area contributed by atoms with E-state index in [1.165, 1.54) is 36.4 Å². The van der Waals surface area contributed by atoms with Crippen molar-refractivity contribution in [3.63, 3.8) is 0 Å². The lowest BCUT2D eigenvalue weighted by atomic mass is 10.1. The van der Waals surface area contributed by atoms with Crippen molar-refractivity contribution in [1.29, 1.82) is 0 Å². The molecular weight excluding hydrogens is 271 g/mol. The van der Waals surface area contributed by atoms with Crippen LogP contribution >= 0.6 is 11.6 Å². The molecule has 98 valence electrons. The summed E-state index contributed by atoms with van der Waals surface area (Å²) in [6.45, 7) is 0.227. The predicted molar refractivity (Wildman–Crippen MR) is 69.1 cm³/mol. The Morgan fingerprint density at radius 1 is 1.21 bits per heavy atom. The van der Waals surface area contributed by atoms with E-state index in [1.54, 1.807) is 6.07 Å². The summed E-state index contributed by atoms with van der Waals surface area (Å²) in [7, 11) is 0. The monoisotopic (exact) mass is 280 g/mol. The number of halogens is 2. The van der Waals surface area contributed by atoms with E-state index in [1.807, 2.05) is 0 Å². The Bertz CT molecular complexity index is 596. The third kappa shape index (κ3) is 3.45. The summed E-state index contributed by atoms with van der Waals surface area (Å²) < 4.78 is 18.1. The number of hydrogen-bond donors (Lipinski definition) is 1. The minimum absolute atomic E-state index is 0.0483. The summed E-state index contributed by atoms with van der Waals surface area (Å²) in [4.78, 5) is 10.8. The van der Waals surface area contributed by atoms with Crippen molar-refractivity contribution < 1.29 is 19.0 Å². The van der Waals surface area contributed by atoms with Crippen molar-refractivity contribution in [3.8, 4) is 5.75 Å². The molecule has 5 heteroatoms. The molecule has 0 aliphatic heterocycles. The highest BCUT2D eigenvalue weighted by Gasteiger charge is 2.09. The molecule has 2 rings (SSSR count). The van der Waals surface area contributed by atoms with Gasteiger partial charge in [0.05, 0.1) is 10.6 Å². The van der Waals surface area contributed by atoms with Crippen molar-refractivity contribution in [2.24, 2.45) is 0 Å². The summed E-state index contributed by atoms with van der Waals surface area (Å²) in [5.41, 5.74) is 0.784. The Morgan fingerprint density at radius 3 is 2.47 bits per heavy atom. The highest BCUT2D eigenvalue weighted by molar-refractivity contribution is 6.33. The Kier molecular flexibility index (Phi) is 4.02. The highest BCUT2D eigenvalue weighted by Crippen LogP contribution is 2.19. The maximum Gasteiger partial charge on any atom is 0.337 e. The molecule has 0 radical (unpaired) electrons. The Hall–Kier alpha value is -2.07. The second kappa shape index (κ2) is 5.71. The molecule has 0 saturated heterocycles. The van der Waals surface area contributed by atoms with Gasteiger partial charge in [-0.05, 0) is 42.0 Å². The summed E-state index contributed by atoms with van der Waals surface area (Å²) in [5, 5.41) is 9.00. The average Bonchev–Trinajstić information content (AvgIpc) is 2.37. The van der Waals surface area contributed by atoms with Gasteiger partial charge in [-0.3, -0.25) is 0 Å². The first-order valence-corrected chi connectivity index (χ1v) is 5.84. The third-order valence-corrected chi connectivity index (χ3v) is 2.80. The van der Waals surface area contributed by atoms with Crippen LogP contribution in [-0.2, 0) is 6.61 Å². The van der Waals surface area contributed by atoms with Gasteiger partial charge in [0.1, 0.15) is 18.2 Å². The van der Waals surface area contributed by atoms with E-state index in [4.69, 9.17) is 21.4 Å². The molecule has 0 saturated carbocycles. The number of carbonyl (C=O) groups is 1. The lowest BCUT2D eigenvalue weighted by Crippen LogP contribution is -2.00. The molecule has 0 atom stereocenters. The first-order valence-electron chi connectivity index (χ1n) is 5.46. The van der Waals surface area contributed by atoms with Crippen LogP contribution < -0.4 is 4.74 Å². The molecule has 0 aliphatic carbocycles. The van der Waals surface area contributed by atoms with Crippen LogP contribution in [0.4, 0.5) is 4.39 Å². The normalized spacial score (nSPS) is 10.2. The quantitative estimate of drug-likeness (QED) is 0.927. The predicted octanol–water partition coefficient (Wildman–Crippen LogP) is 3.76. The van der Waals surface area contributed by atoms with Crippen LogP contribution in [0.15, 0.2) is 42.5 Å². The molecule has 0 aromatic heterocycles. The van der Waals surface area contributed by atoms with Gasteiger partial charge in [-0.15, -0.1) is 0 Å². The van der Waals surface area contributed by atoms with E-state index in [0.717, 1.165) is 5.56 Å². The fourth-order valence-electron chi connectivity index (χ4n) is 1.52. The lowest BCUT2D eigenvalue weighted by Gasteiger charge is -2.07. The fraction of sp³-hybridized carbons (Fsp3) is 0.0714. The van der Waals surface area contributed by atoms with Crippen molar-refractivity contribution >= 4 is 17.6 Å². The number of benzene rings is 2. The number of carboxylic acid groups (broad SMARTS) is 1. The number of ether oxygens (including phenoxy) is 1. The zero-order valence-corrected chi connectivity index (χ0v) is 10.5. The first-order chi connectivity index (χ1) is 9.06. The number of hydrogen-bond acceptors (Lipinski definition) is 2. The van der Waals surface area contributed by atoms with Gasteiger partial charge in [-0.2, -0.15) is 0 Å². The van der Waals surface area contributed by atoms with Gasteiger partial charge >= 0.3 is 5.97 Å². The molecule has 2 aromatic carbocycles. The van der Waals surface area contributed by atoms with E-state index in [2.05, 4.69) is 0 Å². The van der Waals surface area contributed by atoms with Crippen LogP contribution in [-0.4, -0.2) is 11.1 Å². The smallest absolute Gasteiger partial charge is 0.337 e. The molecule has 0 amide bonds. The van der Waals surface area contributed by atoms with Crippen LogP contribution in [0.5, 0.6) is 5.75 Å². The fourth-order valence-corrected chi connectivity index (χ4v) is 1.80. The van der Waals surface area contributed by atoms with E-state index in [9.17, 15) is 9.18 Å². The highest BCUT2D eigenvalue weighted by atomic mass is 35.5. The summed E-state index contributed by atoms with van der Waals surface area (Å²) in [5.74, 6) is -0.878. The van der Waals surface area contributed by atoms with Crippen molar-refractivity contribution in [2.45, 2.75) is 6.61 Å². The van der Waals surface area contributed by atoms with Gasteiger partial charge in [-0.25, -0.2) is 9.18 Å². The second-order valence-corrected chi connectivity index (χ2v) is 4.27. The molecule has 3 nitrogen and oxygen atoms in total. The molecule has 0 unspecified atom stereocenters. The number of carboxylic acids is 1. The van der Waals surface area contributed by atoms with Gasteiger partial charge in [0.2, 0.25) is 0 Å². The molecule has 0 bridgehead atoms. The van der Waals surface area contributed by atoms with Gasteiger partial charge < -0.3 is 9.84 Å². The molecule has 0 heterocycles. The van der Waals surface area contributed by atoms with Crippen molar-refractivity contribution in [2.75, 3.05) is 0 Å². The van der Waals surface area contributed by atoms with Gasteiger partial charge in [0, 0.05) is 0 Å². The molecule has 1 N–H and O–H groups in total. The van der Waals surface area contributed by atoms with E-state index in [-0.39, 0.29) is 23.0 Å². The van der Waals surface area contributed by atoms with Crippen LogP contribution in [0.25, 0.3) is 0 Å². The Labute approximate surface area is 114 Å². The Morgan fingerprint density at radius 2 is 1.89 bits per heavy atom. The molecule has 0 aliphatic rings. The first kappa shape index (κ1) is 13.4. The second-order valence-electron chi connectivity index (χ2n) is 3.86. The number of aromatic carboxylic acids is 1. The van der Waals surface area contributed by atoms with Crippen LogP contribution in [0.1, 0.15) is 15.9 Å². The topological polar surface area (TPSA) is 46.5 Å². The van der Waals surface area contributed by atoms with Crippen LogP contribution in [0.3, 0.4) is 0 Å². The molecule has 2 aromatic rings. The zero-order valence-electron chi connectivity index (χ0n) is 9.77. The molecule has 0 fully saturated rings. The Balaban J connectivity index is 2.06. The van der Waals surface area contributed by atoms with Gasteiger partial charge in [-0.1, -0.05) is 17.7 Å².